The van der Waals surface area contributed by atoms with E-state index >= 15 is 0 Å². The van der Waals surface area contributed by atoms with Crippen LogP contribution in [0.3, 0.4) is 0 Å². The lowest BCUT2D eigenvalue weighted by Crippen LogP contribution is -2.17. The maximum atomic E-state index is 3.61. The maximum Gasteiger partial charge on any atom is 0.0701 e. The number of rotatable bonds is 4. The molecule has 0 aliphatic carbocycles. The standard InChI is InChI=1S/C17H16BrNS/c1-12(19-11-14-9-10-17(18)20-14)15-8-4-6-13-5-2-3-7-16(13)15/h2-10,12,19H,11H2,1H3. The molecule has 0 aliphatic heterocycles. The second-order valence-corrected chi connectivity index (χ2v) is 7.42. The number of hydrogen-bond acceptors (Lipinski definition) is 2. The van der Waals surface area contributed by atoms with Crippen LogP contribution in [0.15, 0.2) is 58.4 Å². The number of thiophene rings is 1. The summed E-state index contributed by atoms with van der Waals surface area (Å²) < 4.78 is 1.19. The van der Waals surface area contributed by atoms with Crippen LogP contribution in [-0.4, -0.2) is 0 Å². The van der Waals surface area contributed by atoms with Gasteiger partial charge in [-0.15, -0.1) is 11.3 Å². The van der Waals surface area contributed by atoms with Crippen LogP contribution in [0, 0.1) is 0 Å². The van der Waals surface area contributed by atoms with E-state index in [1.54, 1.807) is 11.3 Å². The molecule has 20 heavy (non-hydrogen) atoms. The van der Waals surface area contributed by atoms with Crippen molar-refractivity contribution in [3.8, 4) is 0 Å². The van der Waals surface area contributed by atoms with Gasteiger partial charge in [-0.2, -0.15) is 0 Å². The van der Waals surface area contributed by atoms with Crippen LogP contribution < -0.4 is 5.32 Å². The van der Waals surface area contributed by atoms with Crippen LogP contribution in [0.5, 0.6) is 0 Å². The zero-order chi connectivity index (χ0) is 13.9. The molecule has 0 spiro atoms. The fourth-order valence-corrected chi connectivity index (χ4v) is 3.87. The SMILES string of the molecule is CC(NCc1ccc(Br)s1)c1cccc2ccccc12. The normalized spacial score (nSPS) is 12.7. The molecule has 1 unspecified atom stereocenters. The van der Waals surface area contributed by atoms with Gasteiger partial charge in [0.1, 0.15) is 0 Å². The van der Waals surface area contributed by atoms with Gasteiger partial charge in [-0.05, 0) is 51.3 Å². The van der Waals surface area contributed by atoms with Crippen molar-refractivity contribution in [2.24, 2.45) is 0 Å². The fraction of sp³-hybridized carbons (Fsp3) is 0.176. The Bertz CT molecular complexity index is 714. The molecule has 1 nitrogen and oxygen atoms in total. The minimum Gasteiger partial charge on any atom is -0.305 e. The topological polar surface area (TPSA) is 12.0 Å². The van der Waals surface area contributed by atoms with Gasteiger partial charge in [-0.1, -0.05) is 42.5 Å². The van der Waals surface area contributed by atoms with Gasteiger partial charge in [-0.3, -0.25) is 0 Å². The molecule has 1 aromatic heterocycles. The second kappa shape index (κ2) is 6.08. The largest absolute Gasteiger partial charge is 0.305 e. The number of hydrogen-bond donors (Lipinski definition) is 1. The van der Waals surface area contributed by atoms with E-state index in [9.17, 15) is 0 Å². The van der Waals surface area contributed by atoms with Gasteiger partial charge in [0.15, 0.2) is 0 Å². The highest BCUT2D eigenvalue weighted by atomic mass is 79.9. The third-order valence-electron chi connectivity index (χ3n) is 3.50. The molecule has 0 amide bonds. The quantitative estimate of drug-likeness (QED) is 0.656. The van der Waals surface area contributed by atoms with Crippen LogP contribution in [0.2, 0.25) is 0 Å². The van der Waals surface area contributed by atoms with Crippen molar-refractivity contribution >= 4 is 38.0 Å². The molecule has 3 heteroatoms. The average molecular weight is 346 g/mol. The predicted molar refractivity (Wildman–Crippen MR) is 91.2 cm³/mol. The molecule has 0 saturated carbocycles. The van der Waals surface area contributed by atoms with Gasteiger partial charge in [0.05, 0.1) is 3.79 Å². The molecule has 0 bridgehead atoms. The molecule has 1 heterocycles. The Labute approximate surface area is 131 Å². The molecule has 0 saturated heterocycles. The van der Waals surface area contributed by atoms with Gasteiger partial charge in [0.25, 0.3) is 0 Å². The lowest BCUT2D eigenvalue weighted by Gasteiger charge is -2.16. The van der Waals surface area contributed by atoms with Gasteiger partial charge in [0.2, 0.25) is 0 Å². The maximum absolute atomic E-state index is 3.61. The lowest BCUT2D eigenvalue weighted by atomic mass is 10.00. The Morgan fingerprint density at radius 2 is 1.85 bits per heavy atom. The summed E-state index contributed by atoms with van der Waals surface area (Å²) in [6.45, 7) is 3.13. The van der Waals surface area contributed by atoms with Gasteiger partial charge in [-0.25, -0.2) is 0 Å². The first-order valence-electron chi connectivity index (χ1n) is 6.69. The minimum atomic E-state index is 0.335. The first-order valence-corrected chi connectivity index (χ1v) is 8.30. The van der Waals surface area contributed by atoms with Crippen molar-refractivity contribution in [3.05, 3.63) is 68.8 Å². The van der Waals surface area contributed by atoms with Crippen LogP contribution in [0.25, 0.3) is 10.8 Å². The van der Waals surface area contributed by atoms with Crippen LogP contribution in [0.1, 0.15) is 23.4 Å². The monoisotopic (exact) mass is 345 g/mol. The van der Waals surface area contributed by atoms with Gasteiger partial charge < -0.3 is 5.32 Å². The molecule has 1 atom stereocenters. The Kier molecular flexibility index (Phi) is 4.20. The van der Waals surface area contributed by atoms with Crippen molar-refractivity contribution in [3.63, 3.8) is 0 Å². The van der Waals surface area contributed by atoms with Crippen molar-refractivity contribution in [1.29, 1.82) is 0 Å². The van der Waals surface area contributed by atoms with E-state index in [1.807, 2.05) is 0 Å². The van der Waals surface area contributed by atoms with E-state index < -0.39 is 0 Å². The fourth-order valence-electron chi connectivity index (χ4n) is 2.44. The zero-order valence-corrected chi connectivity index (χ0v) is 13.7. The molecule has 102 valence electrons. The molecular formula is C17H16BrNS. The van der Waals surface area contributed by atoms with Crippen molar-refractivity contribution < 1.29 is 0 Å². The number of fused-ring (bicyclic) bond motifs is 1. The van der Waals surface area contributed by atoms with E-state index in [-0.39, 0.29) is 0 Å². The summed E-state index contributed by atoms with van der Waals surface area (Å²) >= 11 is 5.29. The van der Waals surface area contributed by atoms with E-state index in [0.29, 0.717) is 6.04 Å². The van der Waals surface area contributed by atoms with E-state index in [0.717, 1.165) is 6.54 Å². The van der Waals surface area contributed by atoms with Crippen LogP contribution in [0.4, 0.5) is 0 Å². The van der Waals surface area contributed by atoms with Crippen LogP contribution in [-0.2, 0) is 6.54 Å². The molecule has 0 radical (unpaired) electrons. The molecule has 0 fully saturated rings. The summed E-state index contributed by atoms with van der Waals surface area (Å²) in [6, 6.07) is 19.7. The highest BCUT2D eigenvalue weighted by Crippen LogP contribution is 2.26. The van der Waals surface area contributed by atoms with E-state index in [4.69, 9.17) is 0 Å². The smallest absolute Gasteiger partial charge is 0.0701 e. The number of halogens is 1. The minimum absolute atomic E-state index is 0.335. The highest BCUT2D eigenvalue weighted by Gasteiger charge is 2.09. The Morgan fingerprint density at radius 1 is 1.05 bits per heavy atom. The Morgan fingerprint density at radius 3 is 2.65 bits per heavy atom. The molecule has 2 aromatic carbocycles. The molecule has 1 N–H and O–H groups in total. The Balaban J connectivity index is 1.80. The summed E-state index contributed by atoms with van der Waals surface area (Å²) in [6.07, 6.45) is 0. The predicted octanol–water partition coefficient (Wildman–Crippen LogP) is 5.51. The third-order valence-corrected chi connectivity index (χ3v) is 5.12. The van der Waals surface area contributed by atoms with Crippen molar-refractivity contribution in [2.75, 3.05) is 0 Å². The number of benzene rings is 2. The molecule has 3 rings (SSSR count). The summed E-state index contributed by atoms with van der Waals surface area (Å²) in [7, 11) is 0. The van der Waals surface area contributed by atoms with E-state index in [2.05, 4.69) is 82.8 Å². The molecule has 0 aliphatic rings. The average Bonchev–Trinajstić information content (AvgIpc) is 2.90. The number of nitrogens with one attached hydrogen (secondary N) is 1. The summed E-state index contributed by atoms with van der Waals surface area (Å²) in [5.74, 6) is 0. The summed E-state index contributed by atoms with van der Waals surface area (Å²) in [5, 5.41) is 6.25. The third kappa shape index (κ3) is 2.95. The highest BCUT2D eigenvalue weighted by molar-refractivity contribution is 9.11. The first kappa shape index (κ1) is 13.8. The van der Waals surface area contributed by atoms with E-state index in [1.165, 1.54) is 25.0 Å². The summed E-state index contributed by atoms with van der Waals surface area (Å²) in [5.41, 5.74) is 1.36. The molecular weight excluding hydrogens is 330 g/mol. The lowest BCUT2D eigenvalue weighted by molar-refractivity contribution is 0.582. The van der Waals surface area contributed by atoms with Gasteiger partial charge in [0, 0.05) is 17.5 Å². The molecule has 3 aromatic rings. The van der Waals surface area contributed by atoms with Gasteiger partial charge >= 0.3 is 0 Å². The summed E-state index contributed by atoms with van der Waals surface area (Å²) in [4.78, 5) is 1.35. The Hall–Kier alpha value is -1.16. The first-order chi connectivity index (χ1) is 9.74. The van der Waals surface area contributed by atoms with Crippen molar-refractivity contribution in [1.82, 2.24) is 5.32 Å². The zero-order valence-electron chi connectivity index (χ0n) is 11.3. The second-order valence-electron chi connectivity index (χ2n) is 4.88. The van der Waals surface area contributed by atoms with Crippen molar-refractivity contribution in [2.45, 2.75) is 19.5 Å². The van der Waals surface area contributed by atoms with Crippen LogP contribution >= 0.6 is 27.3 Å².